The molecule has 22 heavy (non-hydrogen) atoms. The third-order valence-electron chi connectivity index (χ3n) is 4.34. The highest BCUT2D eigenvalue weighted by molar-refractivity contribution is 5.89. The van der Waals surface area contributed by atoms with Crippen molar-refractivity contribution in [2.24, 2.45) is 5.92 Å². The maximum absolute atomic E-state index is 12.2. The summed E-state index contributed by atoms with van der Waals surface area (Å²) in [5, 5.41) is 5.96. The molecule has 120 valence electrons. The minimum atomic E-state index is -0.652. The van der Waals surface area contributed by atoms with Crippen LogP contribution < -0.4 is 20.1 Å². The van der Waals surface area contributed by atoms with Gasteiger partial charge in [-0.15, -0.1) is 0 Å². The van der Waals surface area contributed by atoms with Crippen LogP contribution in [0.3, 0.4) is 0 Å². The average Bonchev–Trinajstić information content (AvgIpc) is 2.74. The van der Waals surface area contributed by atoms with Gasteiger partial charge in [0.15, 0.2) is 11.5 Å². The zero-order valence-electron chi connectivity index (χ0n) is 13.4. The van der Waals surface area contributed by atoms with E-state index in [1.165, 1.54) is 19.3 Å². The van der Waals surface area contributed by atoms with Crippen LogP contribution in [-0.4, -0.2) is 17.9 Å². The molecule has 3 rings (SSSR count). The van der Waals surface area contributed by atoms with Crippen LogP contribution in [0.2, 0.25) is 0 Å². The van der Waals surface area contributed by atoms with Crippen LogP contribution in [0.25, 0.3) is 0 Å². The van der Waals surface area contributed by atoms with Gasteiger partial charge in [-0.2, -0.15) is 0 Å². The summed E-state index contributed by atoms with van der Waals surface area (Å²) in [4.78, 5) is 12.2. The van der Waals surface area contributed by atoms with Gasteiger partial charge in [0.25, 0.3) is 0 Å². The van der Waals surface area contributed by atoms with E-state index in [1.807, 2.05) is 26.0 Å². The molecule has 0 spiro atoms. The maximum Gasteiger partial charge on any atom is 0.319 e. The van der Waals surface area contributed by atoms with Crippen molar-refractivity contribution in [3.05, 3.63) is 18.2 Å². The van der Waals surface area contributed by atoms with Gasteiger partial charge in [0.2, 0.25) is 5.79 Å². The van der Waals surface area contributed by atoms with Crippen molar-refractivity contribution in [2.75, 3.05) is 5.32 Å². The number of fused-ring (bicyclic) bond motifs is 1. The van der Waals surface area contributed by atoms with E-state index in [2.05, 4.69) is 17.6 Å². The smallest absolute Gasteiger partial charge is 0.319 e. The summed E-state index contributed by atoms with van der Waals surface area (Å²) < 4.78 is 11.3. The number of urea groups is 1. The molecule has 2 N–H and O–H groups in total. The lowest BCUT2D eigenvalue weighted by atomic mass is 9.86. The molecule has 1 heterocycles. The standard InChI is InChI=1S/C17H24N2O3/c1-11-6-4-5-7-13(11)19-16(20)18-12-8-9-14-15(10-12)22-17(2,3)21-14/h8-11,13H,4-7H2,1-3H3,(H2,18,19,20). The highest BCUT2D eigenvalue weighted by Gasteiger charge is 2.31. The summed E-state index contributed by atoms with van der Waals surface area (Å²) in [5.74, 6) is 1.25. The Morgan fingerprint density at radius 3 is 2.68 bits per heavy atom. The van der Waals surface area contributed by atoms with Crippen LogP contribution in [0.1, 0.15) is 46.5 Å². The highest BCUT2D eigenvalue weighted by Crippen LogP contribution is 2.40. The minimum absolute atomic E-state index is 0.156. The Bertz CT molecular complexity index is 571. The Morgan fingerprint density at radius 1 is 1.18 bits per heavy atom. The molecule has 2 unspecified atom stereocenters. The summed E-state index contributed by atoms with van der Waals surface area (Å²) >= 11 is 0. The van der Waals surface area contributed by atoms with E-state index in [-0.39, 0.29) is 12.1 Å². The number of ether oxygens (including phenoxy) is 2. The number of nitrogens with one attached hydrogen (secondary N) is 2. The number of hydrogen-bond acceptors (Lipinski definition) is 3. The summed E-state index contributed by atoms with van der Waals surface area (Å²) in [6.45, 7) is 5.92. The lowest BCUT2D eigenvalue weighted by molar-refractivity contribution is -0.0431. The summed E-state index contributed by atoms with van der Waals surface area (Å²) in [5.41, 5.74) is 0.709. The molecular weight excluding hydrogens is 280 g/mol. The van der Waals surface area contributed by atoms with Gasteiger partial charge < -0.3 is 20.1 Å². The average molecular weight is 304 g/mol. The first-order valence-electron chi connectivity index (χ1n) is 8.02. The zero-order chi connectivity index (χ0) is 15.7. The third kappa shape index (κ3) is 3.29. The molecule has 1 aliphatic heterocycles. The molecule has 5 heteroatoms. The van der Waals surface area contributed by atoms with Crippen molar-refractivity contribution in [2.45, 2.75) is 58.3 Å². The molecule has 1 saturated carbocycles. The Labute approximate surface area is 131 Å². The molecule has 0 radical (unpaired) electrons. The molecular formula is C17H24N2O3. The van der Waals surface area contributed by atoms with Crippen LogP contribution in [0, 0.1) is 5.92 Å². The third-order valence-corrected chi connectivity index (χ3v) is 4.34. The van der Waals surface area contributed by atoms with Crippen molar-refractivity contribution in [3.8, 4) is 11.5 Å². The van der Waals surface area contributed by atoms with E-state index in [9.17, 15) is 4.79 Å². The first-order chi connectivity index (χ1) is 10.4. The summed E-state index contributed by atoms with van der Waals surface area (Å²) in [6, 6.07) is 5.56. The number of amides is 2. The van der Waals surface area contributed by atoms with Gasteiger partial charge in [-0.1, -0.05) is 19.8 Å². The van der Waals surface area contributed by atoms with Crippen molar-refractivity contribution >= 4 is 11.7 Å². The molecule has 0 bridgehead atoms. The molecule has 1 aliphatic carbocycles. The van der Waals surface area contributed by atoms with Crippen LogP contribution in [0.15, 0.2) is 18.2 Å². The number of carbonyl (C=O) groups is 1. The second-order valence-corrected chi connectivity index (χ2v) is 6.73. The molecule has 5 nitrogen and oxygen atoms in total. The van der Waals surface area contributed by atoms with Crippen molar-refractivity contribution < 1.29 is 14.3 Å². The monoisotopic (exact) mass is 304 g/mol. The van der Waals surface area contributed by atoms with Gasteiger partial charge in [-0.05, 0) is 30.9 Å². The van der Waals surface area contributed by atoms with Crippen LogP contribution in [0.4, 0.5) is 10.5 Å². The molecule has 1 aromatic carbocycles. The second kappa shape index (κ2) is 5.71. The second-order valence-electron chi connectivity index (χ2n) is 6.73. The quantitative estimate of drug-likeness (QED) is 0.871. The first kappa shape index (κ1) is 15.0. The predicted molar refractivity (Wildman–Crippen MR) is 85.4 cm³/mol. The summed E-state index contributed by atoms with van der Waals surface area (Å²) in [7, 11) is 0. The first-order valence-corrected chi connectivity index (χ1v) is 8.02. The SMILES string of the molecule is CC1CCCCC1NC(=O)Nc1ccc2c(c1)OC(C)(C)O2. The fourth-order valence-electron chi connectivity index (χ4n) is 3.17. The van der Waals surface area contributed by atoms with Crippen LogP contribution in [0.5, 0.6) is 11.5 Å². The largest absolute Gasteiger partial charge is 0.449 e. The van der Waals surface area contributed by atoms with Crippen molar-refractivity contribution in [1.82, 2.24) is 5.32 Å². The lowest BCUT2D eigenvalue weighted by Gasteiger charge is -2.29. The Hall–Kier alpha value is -1.91. The van der Waals surface area contributed by atoms with E-state index in [0.29, 0.717) is 23.1 Å². The van der Waals surface area contributed by atoms with Crippen molar-refractivity contribution in [3.63, 3.8) is 0 Å². The summed E-state index contributed by atoms with van der Waals surface area (Å²) in [6.07, 6.45) is 4.70. The van der Waals surface area contributed by atoms with Gasteiger partial charge in [0, 0.05) is 31.6 Å². The zero-order valence-corrected chi connectivity index (χ0v) is 13.4. The van der Waals surface area contributed by atoms with E-state index in [0.717, 1.165) is 6.42 Å². The van der Waals surface area contributed by atoms with E-state index < -0.39 is 5.79 Å². The van der Waals surface area contributed by atoms with Crippen LogP contribution in [-0.2, 0) is 0 Å². The number of carbonyl (C=O) groups excluding carboxylic acids is 1. The van der Waals surface area contributed by atoms with E-state index in [1.54, 1.807) is 6.07 Å². The van der Waals surface area contributed by atoms with Gasteiger partial charge in [0.05, 0.1) is 0 Å². The molecule has 2 amide bonds. The maximum atomic E-state index is 12.2. The normalized spacial score (nSPS) is 25.6. The topological polar surface area (TPSA) is 59.6 Å². The van der Waals surface area contributed by atoms with E-state index in [4.69, 9.17) is 9.47 Å². The number of anilines is 1. The van der Waals surface area contributed by atoms with Gasteiger partial charge in [-0.3, -0.25) is 0 Å². The molecule has 1 fully saturated rings. The van der Waals surface area contributed by atoms with Gasteiger partial charge >= 0.3 is 6.03 Å². The fraction of sp³-hybridized carbons (Fsp3) is 0.588. The Kier molecular flexibility index (Phi) is 3.89. The fourth-order valence-corrected chi connectivity index (χ4v) is 3.17. The van der Waals surface area contributed by atoms with Crippen molar-refractivity contribution in [1.29, 1.82) is 0 Å². The number of rotatable bonds is 2. The molecule has 0 saturated heterocycles. The number of benzene rings is 1. The van der Waals surface area contributed by atoms with Gasteiger partial charge in [-0.25, -0.2) is 4.79 Å². The predicted octanol–water partition coefficient (Wildman–Crippen LogP) is 3.89. The molecule has 1 aromatic rings. The van der Waals surface area contributed by atoms with Gasteiger partial charge in [0.1, 0.15) is 0 Å². The highest BCUT2D eigenvalue weighted by atomic mass is 16.7. The molecule has 0 aromatic heterocycles. The molecule has 2 atom stereocenters. The molecule has 2 aliphatic rings. The number of hydrogen-bond donors (Lipinski definition) is 2. The van der Waals surface area contributed by atoms with Crippen LogP contribution >= 0.6 is 0 Å². The lowest BCUT2D eigenvalue weighted by Crippen LogP contribution is -2.43. The Morgan fingerprint density at radius 2 is 1.91 bits per heavy atom. The minimum Gasteiger partial charge on any atom is -0.449 e. The Balaban J connectivity index is 1.61. The van der Waals surface area contributed by atoms with E-state index >= 15 is 0 Å².